The largest absolute Gasteiger partial charge is 0.369 e. The molecule has 0 spiro atoms. The summed E-state index contributed by atoms with van der Waals surface area (Å²) in [7, 11) is 0. The molecule has 152 valence electrons. The molecule has 0 aromatic carbocycles. The first-order valence-corrected chi connectivity index (χ1v) is 11.4. The van der Waals surface area contributed by atoms with Crippen LogP contribution in [0.15, 0.2) is 24.7 Å². The van der Waals surface area contributed by atoms with Crippen LogP contribution < -0.4 is 10.2 Å². The molecule has 0 saturated heterocycles. The van der Waals surface area contributed by atoms with Crippen molar-refractivity contribution in [2.45, 2.75) is 58.4 Å². The molecule has 0 unspecified atom stereocenters. The summed E-state index contributed by atoms with van der Waals surface area (Å²) in [6, 6.07) is 4.28. The van der Waals surface area contributed by atoms with Gasteiger partial charge in [-0.1, -0.05) is 6.07 Å². The van der Waals surface area contributed by atoms with Crippen LogP contribution >= 0.6 is 0 Å². The number of hydrogen-bond donors (Lipinski definition) is 1. The Hall–Kier alpha value is -2.17. The van der Waals surface area contributed by atoms with Crippen LogP contribution in [-0.4, -0.2) is 28.0 Å². The van der Waals surface area contributed by atoms with Gasteiger partial charge in [0.05, 0.1) is 5.69 Å². The fourth-order valence-corrected chi connectivity index (χ4v) is 7.11. The minimum atomic E-state index is 0.513. The van der Waals surface area contributed by atoms with E-state index < -0.39 is 0 Å². The van der Waals surface area contributed by atoms with E-state index in [2.05, 4.69) is 44.2 Å². The van der Waals surface area contributed by atoms with Gasteiger partial charge < -0.3 is 10.2 Å². The summed E-state index contributed by atoms with van der Waals surface area (Å²) < 4.78 is 0. The van der Waals surface area contributed by atoms with E-state index in [4.69, 9.17) is 0 Å². The van der Waals surface area contributed by atoms with Crippen molar-refractivity contribution in [2.75, 3.05) is 23.3 Å². The van der Waals surface area contributed by atoms with Crippen LogP contribution in [0.1, 0.15) is 55.3 Å². The summed E-state index contributed by atoms with van der Waals surface area (Å²) in [5.41, 5.74) is 4.19. The molecule has 29 heavy (non-hydrogen) atoms. The number of aromatic nitrogens is 3. The second-order valence-corrected chi connectivity index (χ2v) is 10.3. The standard InChI is InChI=1S/C24H31N5/c1-16-2-3-22(25-12-16)29-5-4-21-20(13-29)23(28-15-27-21)26-14-24-9-17-6-18(10-24)8-19(7-17)11-24/h2-3,12,15,17-19H,4-11,13-14H2,1H3,(H,26,27,28). The van der Waals surface area contributed by atoms with Crippen LogP contribution in [0.25, 0.3) is 0 Å². The Morgan fingerprint density at radius 1 is 1.03 bits per heavy atom. The van der Waals surface area contributed by atoms with Crippen LogP contribution in [0.3, 0.4) is 0 Å². The topological polar surface area (TPSA) is 53.9 Å². The minimum Gasteiger partial charge on any atom is -0.369 e. The van der Waals surface area contributed by atoms with Crippen molar-refractivity contribution in [3.8, 4) is 0 Å². The molecule has 0 radical (unpaired) electrons. The highest BCUT2D eigenvalue weighted by Gasteiger charge is 2.50. The molecule has 2 aromatic heterocycles. The Bertz CT molecular complexity index is 871. The highest BCUT2D eigenvalue weighted by atomic mass is 15.2. The van der Waals surface area contributed by atoms with Gasteiger partial charge in [0.15, 0.2) is 0 Å². The molecule has 4 saturated carbocycles. The second kappa shape index (κ2) is 6.68. The predicted octanol–water partition coefficient (Wildman–Crippen LogP) is 4.37. The molecule has 7 rings (SSSR count). The number of hydrogen-bond acceptors (Lipinski definition) is 5. The number of rotatable bonds is 4. The normalized spacial score (nSPS) is 32.3. The quantitative estimate of drug-likeness (QED) is 0.841. The van der Waals surface area contributed by atoms with Gasteiger partial charge in [-0.2, -0.15) is 0 Å². The molecule has 0 amide bonds. The molecule has 4 aliphatic carbocycles. The second-order valence-electron chi connectivity index (χ2n) is 10.3. The molecule has 3 heterocycles. The van der Waals surface area contributed by atoms with Crippen molar-refractivity contribution in [1.82, 2.24) is 15.0 Å². The highest BCUT2D eigenvalue weighted by molar-refractivity contribution is 5.52. The zero-order chi connectivity index (χ0) is 19.4. The number of fused-ring (bicyclic) bond motifs is 1. The van der Waals surface area contributed by atoms with Crippen molar-refractivity contribution in [3.05, 3.63) is 41.5 Å². The summed E-state index contributed by atoms with van der Waals surface area (Å²) in [4.78, 5) is 16.3. The minimum absolute atomic E-state index is 0.513. The van der Waals surface area contributed by atoms with Gasteiger partial charge in [0.2, 0.25) is 0 Å². The summed E-state index contributed by atoms with van der Waals surface area (Å²) >= 11 is 0. The van der Waals surface area contributed by atoms with Gasteiger partial charge in [-0.05, 0) is 80.2 Å². The maximum Gasteiger partial charge on any atom is 0.134 e. The third kappa shape index (κ3) is 3.19. The number of aryl methyl sites for hydroxylation is 1. The number of anilines is 2. The molecule has 5 nitrogen and oxygen atoms in total. The van der Waals surface area contributed by atoms with Gasteiger partial charge >= 0.3 is 0 Å². The first-order chi connectivity index (χ1) is 14.2. The van der Waals surface area contributed by atoms with E-state index in [0.29, 0.717) is 5.41 Å². The van der Waals surface area contributed by atoms with Crippen LogP contribution in [0.2, 0.25) is 0 Å². The summed E-state index contributed by atoms with van der Waals surface area (Å²) in [5.74, 6) is 5.08. The third-order valence-corrected chi connectivity index (χ3v) is 8.02. The van der Waals surface area contributed by atoms with Gasteiger partial charge in [-0.15, -0.1) is 0 Å². The summed E-state index contributed by atoms with van der Waals surface area (Å²) in [6.45, 7) is 4.98. The molecule has 2 aromatic rings. The number of pyridine rings is 1. The monoisotopic (exact) mass is 389 g/mol. The zero-order valence-electron chi connectivity index (χ0n) is 17.4. The van der Waals surface area contributed by atoms with Crippen molar-refractivity contribution in [1.29, 1.82) is 0 Å². The smallest absolute Gasteiger partial charge is 0.134 e. The predicted molar refractivity (Wildman–Crippen MR) is 115 cm³/mol. The van der Waals surface area contributed by atoms with E-state index in [1.54, 1.807) is 6.33 Å². The van der Waals surface area contributed by atoms with Crippen LogP contribution in [-0.2, 0) is 13.0 Å². The van der Waals surface area contributed by atoms with Gasteiger partial charge in [-0.25, -0.2) is 15.0 Å². The van der Waals surface area contributed by atoms with E-state index in [1.807, 2.05) is 6.20 Å². The van der Waals surface area contributed by atoms with Gasteiger partial charge in [-0.3, -0.25) is 0 Å². The van der Waals surface area contributed by atoms with Crippen molar-refractivity contribution in [2.24, 2.45) is 23.2 Å². The lowest BCUT2D eigenvalue weighted by Gasteiger charge is -2.57. The lowest BCUT2D eigenvalue weighted by atomic mass is 9.49. The Morgan fingerprint density at radius 3 is 2.48 bits per heavy atom. The molecule has 4 bridgehead atoms. The van der Waals surface area contributed by atoms with E-state index in [1.165, 1.54) is 55.3 Å². The fraction of sp³-hybridized carbons (Fsp3) is 0.625. The molecule has 1 N–H and O–H groups in total. The van der Waals surface area contributed by atoms with Gasteiger partial charge in [0, 0.05) is 37.8 Å². The first-order valence-electron chi connectivity index (χ1n) is 11.4. The van der Waals surface area contributed by atoms with Gasteiger partial charge in [0.25, 0.3) is 0 Å². The Morgan fingerprint density at radius 2 is 1.79 bits per heavy atom. The molecule has 1 aliphatic heterocycles. The Kier molecular flexibility index (Phi) is 4.07. The first kappa shape index (κ1) is 17.7. The average Bonchev–Trinajstić information content (AvgIpc) is 2.71. The number of nitrogens with one attached hydrogen (secondary N) is 1. The SMILES string of the molecule is Cc1ccc(N2CCc3ncnc(NCC45CC6CC(CC(C6)C4)C5)c3C2)nc1. The van der Waals surface area contributed by atoms with Gasteiger partial charge in [0.1, 0.15) is 18.0 Å². The van der Waals surface area contributed by atoms with Crippen LogP contribution in [0.4, 0.5) is 11.6 Å². The van der Waals surface area contributed by atoms with Crippen LogP contribution in [0, 0.1) is 30.1 Å². The van der Waals surface area contributed by atoms with Crippen molar-refractivity contribution in [3.63, 3.8) is 0 Å². The van der Waals surface area contributed by atoms with Crippen molar-refractivity contribution < 1.29 is 0 Å². The van der Waals surface area contributed by atoms with E-state index in [0.717, 1.165) is 55.4 Å². The fourth-order valence-electron chi connectivity index (χ4n) is 7.11. The number of nitrogens with zero attached hydrogens (tertiary/aromatic N) is 4. The zero-order valence-corrected chi connectivity index (χ0v) is 17.4. The lowest BCUT2D eigenvalue weighted by Crippen LogP contribution is -2.49. The Labute approximate surface area is 173 Å². The molecular formula is C24H31N5. The molecular weight excluding hydrogens is 358 g/mol. The summed E-state index contributed by atoms with van der Waals surface area (Å²) in [6.07, 6.45) is 13.5. The van der Waals surface area contributed by atoms with E-state index in [9.17, 15) is 0 Å². The lowest BCUT2D eigenvalue weighted by molar-refractivity contribution is -0.0444. The van der Waals surface area contributed by atoms with E-state index in [-0.39, 0.29) is 0 Å². The molecule has 5 heteroatoms. The van der Waals surface area contributed by atoms with Crippen molar-refractivity contribution >= 4 is 11.6 Å². The molecule has 5 aliphatic rings. The van der Waals surface area contributed by atoms with E-state index >= 15 is 0 Å². The highest BCUT2D eigenvalue weighted by Crippen LogP contribution is 2.59. The van der Waals surface area contributed by atoms with Crippen LogP contribution in [0.5, 0.6) is 0 Å². The summed E-state index contributed by atoms with van der Waals surface area (Å²) in [5, 5.41) is 3.81. The average molecular weight is 390 g/mol. The molecule has 0 atom stereocenters. The maximum absolute atomic E-state index is 4.68. The Balaban J connectivity index is 1.21. The third-order valence-electron chi connectivity index (χ3n) is 8.02. The maximum atomic E-state index is 4.68. The molecule has 4 fully saturated rings.